The molecule has 0 saturated heterocycles. The van der Waals surface area contributed by atoms with Crippen LogP contribution in [0.15, 0.2) is 60.8 Å². The van der Waals surface area contributed by atoms with E-state index in [1.165, 1.54) is 0 Å². The van der Waals surface area contributed by atoms with E-state index < -0.39 is 0 Å². The molecule has 3 aromatic rings. The van der Waals surface area contributed by atoms with E-state index in [1.807, 2.05) is 61.5 Å². The van der Waals surface area contributed by atoms with Crippen molar-refractivity contribution in [3.05, 3.63) is 60.8 Å². The summed E-state index contributed by atoms with van der Waals surface area (Å²) in [7, 11) is 0. The number of carbonyl (C=O) groups excluding carboxylic acids is 1. The van der Waals surface area contributed by atoms with Crippen molar-refractivity contribution in [2.45, 2.75) is 13.0 Å². The van der Waals surface area contributed by atoms with Gasteiger partial charge in [-0.25, -0.2) is 0 Å². The molecule has 1 aliphatic rings. The topological polar surface area (TPSA) is 63.7 Å². The van der Waals surface area contributed by atoms with Gasteiger partial charge in [0.25, 0.3) is 0 Å². The lowest BCUT2D eigenvalue weighted by Gasteiger charge is -2.30. The van der Waals surface area contributed by atoms with Crippen molar-refractivity contribution >= 4 is 22.5 Å². The minimum absolute atomic E-state index is 0.0599. The van der Waals surface area contributed by atoms with Gasteiger partial charge in [0.1, 0.15) is 12.7 Å². The number of amides is 1. The molecule has 0 radical (unpaired) electrons. The highest BCUT2D eigenvalue weighted by Gasteiger charge is 2.23. The van der Waals surface area contributed by atoms with Crippen molar-refractivity contribution in [3.8, 4) is 11.5 Å². The predicted molar refractivity (Wildman–Crippen MR) is 109 cm³/mol. The number of benzene rings is 2. The van der Waals surface area contributed by atoms with Crippen LogP contribution >= 0.6 is 0 Å². The molecule has 0 unspecified atom stereocenters. The van der Waals surface area contributed by atoms with Crippen molar-refractivity contribution in [1.29, 1.82) is 0 Å². The second-order valence-corrected chi connectivity index (χ2v) is 6.75. The average Bonchev–Trinajstić information content (AvgIpc) is 2.73. The fraction of sp³-hybridized carbons (Fsp3) is 0.273. The van der Waals surface area contributed by atoms with Crippen LogP contribution in [0.4, 0.5) is 5.69 Å². The lowest BCUT2D eigenvalue weighted by molar-refractivity contribution is -0.117. The summed E-state index contributed by atoms with van der Waals surface area (Å²) in [6.45, 7) is 4.16. The quantitative estimate of drug-likeness (QED) is 0.714. The number of rotatable bonds is 6. The van der Waals surface area contributed by atoms with Crippen LogP contribution in [-0.2, 0) is 4.79 Å². The largest absolute Gasteiger partial charge is 0.486 e. The molecular weight excluding hydrogens is 354 g/mol. The monoisotopic (exact) mass is 377 g/mol. The number of carbonyl (C=O) groups is 1. The third kappa shape index (κ3) is 4.07. The smallest absolute Gasteiger partial charge is 0.238 e. The molecule has 1 amide bonds. The molecule has 1 N–H and O–H groups in total. The Balaban J connectivity index is 1.38. The molecule has 4 rings (SSSR count). The summed E-state index contributed by atoms with van der Waals surface area (Å²) in [5, 5.41) is 3.94. The SMILES string of the molecule is CCN(CC(=O)Nc1cccc2ncccc12)C[C@@H]1COc2ccccc2O1. The second kappa shape index (κ2) is 8.27. The normalized spacial score (nSPS) is 15.6. The highest BCUT2D eigenvalue weighted by molar-refractivity contribution is 6.01. The molecule has 0 fully saturated rings. The van der Waals surface area contributed by atoms with Gasteiger partial charge in [0.2, 0.25) is 5.91 Å². The Morgan fingerprint density at radius 2 is 2.00 bits per heavy atom. The number of nitrogens with zero attached hydrogens (tertiary/aromatic N) is 2. The van der Waals surface area contributed by atoms with Crippen molar-refractivity contribution in [2.75, 3.05) is 31.6 Å². The highest BCUT2D eigenvalue weighted by atomic mass is 16.6. The summed E-state index contributed by atoms with van der Waals surface area (Å²) < 4.78 is 11.8. The van der Waals surface area contributed by atoms with Gasteiger partial charge in [-0.1, -0.05) is 25.1 Å². The van der Waals surface area contributed by atoms with E-state index in [9.17, 15) is 4.79 Å². The van der Waals surface area contributed by atoms with Gasteiger partial charge in [-0.05, 0) is 42.9 Å². The summed E-state index contributed by atoms with van der Waals surface area (Å²) in [5.41, 5.74) is 1.64. The summed E-state index contributed by atoms with van der Waals surface area (Å²) in [6, 6.07) is 17.2. The molecular formula is C22H23N3O3. The van der Waals surface area contributed by atoms with Crippen LogP contribution in [0.2, 0.25) is 0 Å². The van der Waals surface area contributed by atoms with E-state index in [0.29, 0.717) is 13.2 Å². The minimum Gasteiger partial charge on any atom is -0.486 e. The van der Waals surface area contributed by atoms with Gasteiger partial charge in [0.15, 0.2) is 11.5 Å². The lowest BCUT2D eigenvalue weighted by atomic mass is 10.2. The molecule has 28 heavy (non-hydrogen) atoms. The van der Waals surface area contributed by atoms with Gasteiger partial charge >= 0.3 is 0 Å². The van der Waals surface area contributed by atoms with Gasteiger partial charge in [-0.3, -0.25) is 14.7 Å². The Morgan fingerprint density at radius 3 is 2.86 bits per heavy atom. The van der Waals surface area contributed by atoms with E-state index in [2.05, 4.69) is 15.2 Å². The maximum absolute atomic E-state index is 12.6. The first-order valence-electron chi connectivity index (χ1n) is 9.47. The van der Waals surface area contributed by atoms with Crippen LogP contribution in [0.25, 0.3) is 10.9 Å². The van der Waals surface area contributed by atoms with Crippen molar-refractivity contribution < 1.29 is 14.3 Å². The van der Waals surface area contributed by atoms with Crippen molar-refractivity contribution in [1.82, 2.24) is 9.88 Å². The van der Waals surface area contributed by atoms with E-state index >= 15 is 0 Å². The number of hydrogen-bond donors (Lipinski definition) is 1. The van der Waals surface area contributed by atoms with Crippen molar-refractivity contribution in [3.63, 3.8) is 0 Å². The summed E-state index contributed by atoms with van der Waals surface area (Å²) in [4.78, 5) is 19.0. The summed E-state index contributed by atoms with van der Waals surface area (Å²) in [6.07, 6.45) is 1.64. The molecule has 0 aliphatic carbocycles. The van der Waals surface area contributed by atoms with E-state index in [-0.39, 0.29) is 18.6 Å². The number of ether oxygens (including phenoxy) is 2. The molecule has 2 heterocycles. The summed E-state index contributed by atoms with van der Waals surface area (Å²) >= 11 is 0. The highest BCUT2D eigenvalue weighted by Crippen LogP contribution is 2.31. The van der Waals surface area contributed by atoms with Gasteiger partial charge in [0.05, 0.1) is 17.7 Å². The van der Waals surface area contributed by atoms with Crippen molar-refractivity contribution in [2.24, 2.45) is 0 Å². The summed E-state index contributed by atoms with van der Waals surface area (Å²) in [5.74, 6) is 1.46. The Labute approximate surface area is 164 Å². The van der Waals surface area contributed by atoms with Crippen LogP contribution in [0.3, 0.4) is 0 Å². The minimum atomic E-state index is -0.107. The molecule has 6 nitrogen and oxygen atoms in total. The lowest BCUT2D eigenvalue weighted by Crippen LogP contribution is -2.43. The maximum Gasteiger partial charge on any atom is 0.238 e. The fourth-order valence-electron chi connectivity index (χ4n) is 3.35. The number of likely N-dealkylation sites (N-methyl/N-ethyl adjacent to an activating group) is 1. The van der Waals surface area contributed by atoms with Crippen LogP contribution in [0, 0.1) is 0 Å². The molecule has 6 heteroatoms. The third-order valence-corrected chi connectivity index (χ3v) is 4.76. The van der Waals surface area contributed by atoms with Crippen LogP contribution < -0.4 is 14.8 Å². The molecule has 0 spiro atoms. The number of nitrogens with one attached hydrogen (secondary N) is 1. The Hall–Kier alpha value is -3.12. The third-order valence-electron chi connectivity index (χ3n) is 4.76. The number of aromatic nitrogens is 1. The maximum atomic E-state index is 12.6. The number of fused-ring (bicyclic) bond motifs is 2. The molecule has 0 bridgehead atoms. The number of para-hydroxylation sites is 2. The Morgan fingerprint density at radius 1 is 1.14 bits per heavy atom. The molecule has 1 aromatic heterocycles. The molecule has 2 aromatic carbocycles. The average molecular weight is 377 g/mol. The van der Waals surface area contributed by atoms with Crippen LogP contribution in [0.1, 0.15) is 6.92 Å². The van der Waals surface area contributed by atoms with Crippen LogP contribution in [0.5, 0.6) is 11.5 Å². The molecule has 144 valence electrons. The molecule has 1 aliphatic heterocycles. The number of anilines is 1. The Bertz CT molecular complexity index is 971. The van der Waals surface area contributed by atoms with E-state index in [4.69, 9.17) is 9.47 Å². The standard InChI is InChI=1S/C22H23N3O3/c1-2-25(13-16-15-27-20-10-3-4-11-21(20)28-16)14-22(26)24-19-9-5-8-18-17(19)7-6-12-23-18/h3-12,16H,2,13-15H2,1H3,(H,24,26)/t16-/m1/s1. The predicted octanol–water partition coefficient (Wildman–Crippen LogP) is 3.34. The van der Waals surface area contributed by atoms with Gasteiger partial charge < -0.3 is 14.8 Å². The zero-order valence-electron chi connectivity index (χ0n) is 15.8. The first-order valence-corrected chi connectivity index (χ1v) is 9.47. The number of pyridine rings is 1. The Kier molecular flexibility index (Phi) is 5.39. The zero-order chi connectivity index (χ0) is 19.3. The number of hydrogen-bond acceptors (Lipinski definition) is 5. The molecule has 0 saturated carbocycles. The van der Waals surface area contributed by atoms with Gasteiger partial charge in [-0.2, -0.15) is 0 Å². The first kappa shape index (κ1) is 18.3. The zero-order valence-corrected chi connectivity index (χ0v) is 15.8. The van der Waals surface area contributed by atoms with Crippen LogP contribution in [-0.4, -0.2) is 48.1 Å². The van der Waals surface area contributed by atoms with E-state index in [1.54, 1.807) is 6.20 Å². The van der Waals surface area contributed by atoms with Gasteiger partial charge in [-0.15, -0.1) is 0 Å². The second-order valence-electron chi connectivity index (χ2n) is 6.75. The molecule has 1 atom stereocenters. The fourth-order valence-corrected chi connectivity index (χ4v) is 3.35. The van der Waals surface area contributed by atoms with Gasteiger partial charge in [0, 0.05) is 18.1 Å². The van der Waals surface area contributed by atoms with E-state index in [0.717, 1.165) is 34.6 Å². The first-order chi connectivity index (χ1) is 13.7.